The van der Waals surface area contributed by atoms with Crippen LogP contribution in [0.15, 0.2) is 0 Å². The highest BCUT2D eigenvalue weighted by Gasteiger charge is 2.46. The molecule has 0 radical (unpaired) electrons. The molecule has 4 bridgehead atoms. The van der Waals surface area contributed by atoms with Gasteiger partial charge >= 0.3 is 47.8 Å². The highest BCUT2D eigenvalue weighted by atomic mass is 32.2. The second kappa shape index (κ2) is 18.4. The molecule has 328 valence electrons. The van der Waals surface area contributed by atoms with Gasteiger partial charge in [0.15, 0.2) is 21.0 Å². The highest BCUT2D eigenvalue weighted by molar-refractivity contribution is 7.88. The number of rotatable bonds is 4. The predicted molar refractivity (Wildman–Crippen MR) is 165 cm³/mol. The van der Waals surface area contributed by atoms with E-state index >= 15 is 0 Å². The van der Waals surface area contributed by atoms with Crippen LogP contribution in [0.4, 0.5) is 0 Å². The van der Waals surface area contributed by atoms with Gasteiger partial charge in [-0.25, -0.2) is 19.2 Å². The maximum Gasteiger partial charge on any atom is 0.350 e. The van der Waals surface area contributed by atoms with Gasteiger partial charge in [-0.1, -0.05) is 0 Å². The Morgan fingerprint density at radius 3 is 0.983 bits per heavy atom. The number of hydroxylamine groups is 8. The van der Waals surface area contributed by atoms with Crippen molar-refractivity contribution in [3.05, 3.63) is 0 Å². The zero-order valence-corrected chi connectivity index (χ0v) is 31.8. The number of carbonyl (C=O) groups is 8. The molecular weight excluding hydrogens is 897 g/mol. The summed E-state index contributed by atoms with van der Waals surface area (Å²) in [5.74, 6) is -12.8. The van der Waals surface area contributed by atoms with Crippen molar-refractivity contribution in [1.82, 2.24) is 20.9 Å². The van der Waals surface area contributed by atoms with Crippen LogP contribution in [0, 0.1) is 0 Å². The second-order valence-corrected chi connectivity index (χ2v) is 17.8. The molecule has 4 N–H and O–H groups in total. The zero-order chi connectivity index (χ0) is 44.1. The lowest BCUT2D eigenvalue weighted by Gasteiger charge is -2.31. The Kier molecular flexibility index (Phi) is 15.1. The fraction of sp³-hybridized carbons (Fsp3) is 0.636. The Labute approximate surface area is 323 Å². The molecule has 36 heteroatoms. The van der Waals surface area contributed by atoms with Crippen LogP contribution in [0.1, 0.15) is 39.0 Å². The van der Waals surface area contributed by atoms with Crippen molar-refractivity contribution in [3.8, 4) is 0 Å². The van der Waals surface area contributed by atoms with Crippen LogP contribution in [0.3, 0.4) is 0 Å². The fourth-order valence-corrected chi connectivity index (χ4v) is 6.71. The van der Waals surface area contributed by atoms with E-state index in [1.54, 1.807) is 0 Å². The van der Waals surface area contributed by atoms with Gasteiger partial charge in [0.05, 0.1) is 45.3 Å². The zero-order valence-electron chi connectivity index (χ0n) is 28.6. The van der Waals surface area contributed by atoms with E-state index in [1.165, 1.54) is 6.92 Å². The van der Waals surface area contributed by atoms with Gasteiger partial charge in [-0.05, 0) is 13.3 Å². The van der Waals surface area contributed by atoms with Gasteiger partial charge in [0.1, 0.15) is 6.04 Å². The molecule has 32 nitrogen and oxygen atoms in total. The number of carbonyl (C=O) groups excluding carboxylic acids is 8. The van der Waals surface area contributed by atoms with E-state index < -0.39 is 161 Å². The molecule has 4 aliphatic heterocycles. The molecule has 4 rings (SSSR count). The van der Waals surface area contributed by atoms with Crippen LogP contribution in [-0.4, -0.2) is 167 Å². The summed E-state index contributed by atoms with van der Waals surface area (Å²) in [6.45, 7) is -0.483. The Morgan fingerprint density at radius 1 is 0.431 bits per heavy atom. The molecule has 4 fully saturated rings. The van der Waals surface area contributed by atoms with E-state index in [-0.39, 0.29) is 27.3 Å². The first-order valence-electron chi connectivity index (χ1n) is 15.1. The molecule has 58 heavy (non-hydrogen) atoms. The second-order valence-electron chi connectivity index (χ2n) is 11.4. The van der Waals surface area contributed by atoms with Gasteiger partial charge in [-0.3, -0.25) is 37.4 Å². The van der Waals surface area contributed by atoms with E-state index in [9.17, 15) is 72.0 Å². The third-order valence-corrected chi connectivity index (χ3v) is 11.2. The molecule has 0 aliphatic carbocycles. The minimum atomic E-state index is -5.21. The van der Waals surface area contributed by atoms with E-state index in [4.69, 9.17) is 18.2 Å². The van der Waals surface area contributed by atoms with Crippen LogP contribution in [0.25, 0.3) is 0 Å². The van der Waals surface area contributed by atoms with Gasteiger partial charge in [0.2, 0.25) is 0 Å². The first-order chi connectivity index (χ1) is 26.4. The summed E-state index contributed by atoms with van der Waals surface area (Å²) in [4.78, 5) is 132. The smallest absolute Gasteiger partial charge is 0.333 e. The molecular formula is C22H28N4O28S4. The summed E-state index contributed by atoms with van der Waals surface area (Å²) in [5, 5.41) is -9.47. The van der Waals surface area contributed by atoms with Crippen LogP contribution in [-0.2, 0) is 118 Å². The van der Waals surface area contributed by atoms with Crippen LogP contribution >= 0.6 is 0 Å². The lowest BCUT2D eigenvalue weighted by molar-refractivity contribution is -0.376. The van der Waals surface area contributed by atoms with E-state index in [2.05, 4.69) is 38.7 Å². The number of fused-ring (bicyclic) bond motifs is 7. The van der Waals surface area contributed by atoms with E-state index in [1.807, 2.05) is 0 Å². The minimum Gasteiger partial charge on any atom is -0.333 e. The summed E-state index contributed by atoms with van der Waals surface area (Å²) in [7, 11) is -20.8. The van der Waals surface area contributed by atoms with Gasteiger partial charge in [-0.15, -0.1) is 0 Å². The summed E-state index contributed by atoms with van der Waals surface area (Å²) < 4.78 is 128. The molecule has 4 saturated heterocycles. The van der Waals surface area contributed by atoms with Gasteiger partial charge < -0.3 is 38.7 Å². The Balaban J connectivity index is 0.000000310. The van der Waals surface area contributed by atoms with Crippen molar-refractivity contribution in [3.63, 3.8) is 0 Å². The molecule has 5 atom stereocenters. The van der Waals surface area contributed by atoms with Crippen LogP contribution < -0.4 is 0 Å². The number of hydrogen-bond acceptors (Lipinski definition) is 28. The van der Waals surface area contributed by atoms with Gasteiger partial charge in [0, 0.05) is 20.9 Å². The molecule has 0 spiro atoms. The van der Waals surface area contributed by atoms with Crippen molar-refractivity contribution in [2.45, 2.75) is 66.1 Å². The first-order valence-corrected chi connectivity index (χ1v) is 21.1. The first kappa shape index (κ1) is 47.6. The maximum atomic E-state index is 12.0. The molecule has 0 aromatic heterocycles. The average Bonchev–Trinajstić information content (AvgIpc) is 3.07. The third-order valence-electron chi connectivity index (χ3n) is 6.91. The molecule has 4 heterocycles. The fourth-order valence-electron chi connectivity index (χ4n) is 4.18. The van der Waals surface area contributed by atoms with Crippen LogP contribution in [0.2, 0.25) is 0 Å². The van der Waals surface area contributed by atoms with Crippen molar-refractivity contribution in [1.29, 1.82) is 0 Å². The summed E-state index contributed by atoms with van der Waals surface area (Å²) in [5.41, 5.74) is 0. The summed E-state index contributed by atoms with van der Waals surface area (Å²) in [6, 6.07) is -1.20. The lowest BCUT2D eigenvalue weighted by atomic mass is 10.3. The standard InChI is InChI=1S/2C11H14N2O14S2/c1-5-4-12-26-10(16)6(28(18,19)20)2-8(14)24-13(5)25-9(15)3-7(11(17)27-12)29(21,22)23;14-8-4-6(28(18,19)20)10(16)26-13-3-1-2-12(24-8)25-9(15)5-7(11(17)27-13)29(21,22)23/h5-7H,2-4H2,1H3,(H,18,19,20)(H,21,22,23);6-7H,1-5H2,(H,18,19,20)(H,21,22,23). The topological polar surface area (TPSA) is 441 Å². The van der Waals surface area contributed by atoms with E-state index in [0.717, 1.165) is 0 Å². The number of nitrogens with zero attached hydrogens (tertiary/aromatic N) is 4. The molecule has 4 aliphatic rings. The Hall–Kier alpha value is -4.76. The average molecular weight is 925 g/mol. The van der Waals surface area contributed by atoms with Gasteiger partial charge in [0.25, 0.3) is 40.5 Å². The molecule has 0 amide bonds. The monoisotopic (exact) mass is 924 g/mol. The van der Waals surface area contributed by atoms with Gasteiger partial charge in [-0.2, -0.15) is 33.7 Å². The Morgan fingerprint density at radius 2 is 0.690 bits per heavy atom. The third kappa shape index (κ3) is 13.7. The maximum absolute atomic E-state index is 12.0. The van der Waals surface area contributed by atoms with Crippen molar-refractivity contribution >= 4 is 88.2 Å². The lowest BCUT2D eigenvalue weighted by Crippen LogP contribution is -2.51. The highest BCUT2D eigenvalue weighted by Crippen LogP contribution is 2.21. The molecule has 0 aromatic carbocycles. The van der Waals surface area contributed by atoms with E-state index in [0.29, 0.717) is 0 Å². The molecule has 0 aromatic rings. The summed E-state index contributed by atoms with van der Waals surface area (Å²) in [6.07, 6.45) is -5.27. The normalized spacial score (nSPS) is 31.4. The summed E-state index contributed by atoms with van der Waals surface area (Å²) >= 11 is 0. The van der Waals surface area contributed by atoms with Crippen molar-refractivity contribution < 1.29 is 129 Å². The van der Waals surface area contributed by atoms with Crippen molar-refractivity contribution in [2.75, 3.05) is 19.6 Å². The Bertz CT molecular complexity index is 2000. The molecule has 5 unspecified atom stereocenters. The van der Waals surface area contributed by atoms with Crippen LogP contribution in [0.5, 0.6) is 0 Å². The predicted octanol–water partition coefficient (Wildman–Crippen LogP) is -5.73. The number of hydrogen-bond donors (Lipinski definition) is 4. The van der Waals surface area contributed by atoms with Crippen molar-refractivity contribution in [2.24, 2.45) is 0 Å². The quantitative estimate of drug-likeness (QED) is 0.191. The molecule has 0 saturated carbocycles. The minimum absolute atomic E-state index is 0.0248. The largest absolute Gasteiger partial charge is 0.350 e. The SMILES string of the molecule is CC1CN2OC(=O)C(S(=O)(=O)O)CC(=O)ON1OC(=O)CC(S(=O)(=O)O)C(=O)O2.O=C1CC(S(=O)(=O)O)C(=O)ON2CCCN(O1)OC(=O)CC(S(=O)(=O)O)C(=O)O2.